The Morgan fingerprint density at radius 1 is 1.23 bits per heavy atom. The summed E-state index contributed by atoms with van der Waals surface area (Å²) in [6.07, 6.45) is 2.12. The standard InChI is InChI=1S/C14H17N5O2S/c20-22(21)7-6-12(10-22)17-14-18-13(9-16-19-14)15-8-11-4-2-1-3-5-11/h1-5,9,12H,6-8,10H2,(H2,15,17,18,19). The van der Waals surface area contributed by atoms with Crippen LogP contribution in [0.5, 0.6) is 0 Å². The van der Waals surface area contributed by atoms with Crippen LogP contribution in [0.25, 0.3) is 0 Å². The Bertz CT molecular complexity index is 736. The second-order valence-corrected chi connectivity index (χ2v) is 7.48. The zero-order valence-corrected chi connectivity index (χ0v) is 12.8. The van der Waals surface area contributed by atoms with E-state index in [-0.39, 0.29) is 17.5 Å². The Labute approximate surface area is 129 Å². The molecule has 1 aromatic carbocycles. The fourth-order valence-electron chi connectivity index (χ4n) is 2.33. The average Bonchev–Trinajstić information content (AvgIpc) is 2.85. The quantitative estimate of drug-likeness (QED) is 0.851. The van der Waals surface area contributed by atoms with Crippen LogP contribution in [0.15, 0.2) is 36.5 Å². The molecule has 1 unspecified atom stereocenters. The lowest BCUT2D eigenvalue weighted by molar-refractivity contribution is 0.602. The van der Waals surface area contributed by atoms with Crippen LogP contribution in [-0.4, -0.2) is 41.1 Å². The molecule has 0 amide bonds. The van der Waals surface area contributed by atoms with Crippen LogP contribution < -0.4 is 10.6 Å². The van der Waals surface area contributed by atoms with E-state index in [1.54, 1.807) is 6.20 Å². The number of nitrogens with one attached hydrogen (secondary N) is 2. The molecule has 1 aliphatic rings. The summed E-state index contributed by atoms with van der Waals surface area (Å²) in [5.41, 5.74) is 1.14. The van der Waals surface area contributed by atoms with E-state index in [2.05, 4.69) is 25.8 Å². The van der Waals surface area contributed by atoms with Crippen LogP contribution in [0.1, 0.15) is 12.0 Å². The summed E-state index contributed by atoms with van der Waals surface area (Å²) in [7, 11) is -2.93. The first-order chi connectivity index (χ1) is 10.6. The van der Waals surface area contributed by atoms with Gasteiger partial charge in [-0.3, -0.25) is 0 Å². The molecule has 0 radical (unpaired) electrons. The van der Waals surface area contributed by atoms with E-state index in [0.717, 1.165) is 5.56 Å². The molecule has 1 aliphatic heterocycles. The molecule has 0 saturated carbocycles. The third-order valence-corrected chi connectivity index (χ3v) is 5.21. The molecular formula is C14H17N5O2S. The van der Waals surface area contributed by atoms with Gasteiger partial charge in [-0.25, -0.2) is 8.42 Å². The van der Waals surface area contributed by atoms with Crippen molar-refractivity contribution in [3.63, 3.8) is 0 Å². The molecule has 2 heterocycles. The van der Waals surface area contributed by atoms with Gasteiger partial charge in [0.1, 0.15) is 0 Å². The molecule has 116 valence electrons. The summed E-state index contributed by atoms with van der Waals surface area (Å²) >= 11 is 0. The minimum absolute atomic E-state index is 0.123. The van der Waals surface area contributed by atoms with Crippen molar-refractivity contribution in [3.05, 3.63) is 42.1 Å². The minimum atomic E-state index is -2.93. The highest BCUT2D eigenvalue weighted by atomic mass is 32.2. The van der Waals surface area contributed by atoms with Gasteiger partial charge in [0.05, 0.1) is 17.7 Å². The maximum Gasteiger partial charge on any atom is 0.244 e. The minimum Gasteiger partial charge on any atom is -0.365 e. The second-order valence-electron chi connectivity index (χ2n) is 5.25. The summed E-state index contributed by atoms with van der Waals surface area (Å²) < 4.78 is 22.9. The highest BCUT2D eigenvalue weighted by Gasteiger charge is 2.28. The van der Waals surface area contributed by atoms with Gasteiger partial charge in [0.15, 0.2) is 15.7 Å². The third-order valence-electron chi connectivity index (χ3n) is 3.44. The molecule has 8 heteroatoms. The van der Waals surface area contributed by atoms with Gasteiger partial charge in [0.2, 0.25) is 5.95 Å². The molecule has 1 saturated heterocycles. The molecule has 1 atom stereocenters. The molecule has 0 bridgehead atoms. The normalized spacial score (nSPS) is 19.7. The maximum atomic E-state index is 11.4. The Hall–Kier alpha value is -2.22. The molecule has 2 aromatic rings. The van der Waals surface area contributed by atoms with E-state index < -0.39 is 9.84 Å². The molecule has 2 N–H and O–H groups in total. The number of aromatic nitrogens is 3. The van der Waals surface area contributed by atoms with Crippen molar-refractivity contribution in [3.8, 4) is 0 Å². The van der Waals surface area contributed by atoms with E-state index in [4.69, 9.17) is 0 Å². The highest BCUT2D eigenvalue weighted by molar-refractivity contribution is 7.91. The number of hydrogen-bond donors (Lipinski definition) is 2. The molecule has 3 rings (SSSR count). The maximum absolute atomic E-state index is 11.4. The fourth-order valence-corrected chi connectivity index (χ4v) is 4.00. The summed E-state index contributed by atoms with van der Waals surface area (Å²) in [6.45, 7) is 0.636. The van der Waals surface area contributed by atoms with Crippen molar-refractivity contribution in [2.45, 2.75) is 19.0 Å². The van der Waals surface area contributed by atoms with Gasteiger partial charge in [0.25, 0.3) is 0 Å². The van der Waals surface area contributed by atoms with Crippen LogP contribution in [0.4, 0.5) is 11.8 Å². The molecule has 0 spiro atoms. The predicted molar refractivity (Wildman–Crippen MR) is 84.3 cm³/mol. The van der Waals surface area contributed by atoms with E-state index in [1.165, 1.54) is 0 Å². The van der Waals surface area contributed by atoms with E-state index in [1.807, 2.05) is 30.3 Å². The SMILES string of the molecule is O=S1(=O)CCC(Nc2nncc(NCc3ccccc3)n2)C1. The zero-order valence-electron chi connectivity index (χ0n) is 11.9. The van der Waals surface area contributed by atoms with Crippen molar-refractivity contribution in [2.75, 3.05) is 22.1 Å². The van der Waals surface area contributed by atoms with Crippen LogP contribution in [0, 0.1) is 0 Å². The Balaban J connectivity index is 1.60. The van der Waals surface area contributed by atoms with E-state index in [9.17, 15) is 8.42 Å². The number of nitrogens with zero attached hydrogens (tertiary/aromatic N) is 3. The first-order valence-corrected chi connectivity index (χ1v) is 8.87. The van der Waals surface area contributed by atoms with E-state index >= 15 is 0 Å². The van der Waals surface area contributed by atoms with Gasteiger partial charge in [-0.2, -0.15) is 10.1 Å². The smallest absolute Gasteiger partial charge is 0.244 e. The van der Waals surface area contributed by atoms with Gasteiger partial charge in [-0.1, -0.05) is 30.3 Å². The number of rotatable bonds is 5. The highest BCUT2D eigenvalue weighted by Crippen LogP contribution is 2.15. The molecule has 1 fully saturated rings. The van der Waals surface area contributed by atoms with Gasteiger partial charge in [0, 0.05) is 12.6 Å². The number of benzene rings is 1. The van der Waals surface area contributed by atoms with Crippen molar-refractivity contribution in [1.82, 2.24) is 15.2 Å². The topological polar surface area (TPSA) is 96.9 Å². The van der Waals surface area contributed by atoms with Crippen molar-refractivity contribution in [1.29, 1.82) is 0 Å². The predicted octanol–water partition coefficient (Wildman–Crippen LogP) is 1.08. The molecule has 7 nitrogen and oxygen atoms in total. The summed E-state index contributed by atoms with van der Waals surface area (Å²) in [6, 6.07) is 9.81. The first-order valence-electron chi connectivity index (χ1n) is 7.05. The third kappa shape index (κ3) is 3.91. The van der Waals surface area contributed by atoms with Crippen LogP contribution >= 0.6 is 0 Å². The van der Waals surface area contributed by atoms with Gasteiger partial charge < -0.3 is 10.6 Å². The van der Waals surface area contributed by atoms with Crippen LogP contribution in [-0.2, 0) is 16.4 Å². The lowest BCUT2D eigenvalue weighted by Gasteiger charge is -2.11. The number of hydrogen-bond acceptors (Lipinski definition) is 7. The summed E-state index contributed by atoms with van der Waals surface area (Å²) in [5, 5.41) is 14.0. The van der Waals surface area contributed by atoms with Gasteiger partial charge in [-0.05, 0) is 12.0 Å². The number of sulfone groups is 1. The fraction of sp³-hybridized carbons (Fsp3) is 0.357. The molecular weight excluding hydrogens is 302 g/mol. The van der Waals surface area contributed by atoms with Gasteiger partial charge in [-0.15, -0.1) is 5.10 Å². The first kappa shape index (κ1) is 14.7. The zero-order chi connectivity index (χ0) is 15.4. The number of anilines is 2. The largest absolute Gasteiger partial charge is 0.365 e. The monoisotopic (exact) mass is 319 g/mol. The Kier molecular flexibility index (Phi) is 4.19. The Morgan fingerprint density at radius 3 is 2.77 bits per heavy atom. The average molecular weight is 319 g/mol. The molecule has 1 aromatic heterocycles. The summed E-state index contributed by atoms with van der Waals surface area (Å²) in [5.74, 6) is 1.28. The molecule has 22 heavy (non-hydrogen) atoms. The van der Waals surface area contributed by atoms with Crippen molar-refractivity contribution in [2.24, 2.45) is 0 Å². The molecule has 0 aliphatic carbocycles. The van der Waals surface area contributed by atoms with Gasteiger partial charge >= 0.3 is 0 Å². The van der Waals surface area contributed by atoms with Crippen LogP contribution in [0.2, 0.25) is 0 Å². The van der Waals surface area contributed by atoms with Crippen molar-refractivity contribution < 1.29 is 8.42 Å². The summed E-state index contributed by atoms with van der Waals surface area (Å²) in [4.78, 5) is 4.31. The van der Waals surface area contributed by atoms with Crippen molar-refractivity contribution >= 4 is 21.6 Å². The Morgan fingerprint density at radius 2 is 2.05 bits per heavy atom. The van der Waals surface area contributed by atoms with E-state index in [0.29, 0.717) is 24.7 Å². The second kappa shape index (κ2) is 6.27. The lowest BCUT2D eigenvalue weighted by Crippen LogP contribution is -2.22. The lowest BCUT2D eigenvalue weighted by atomic mass is 10.2. The van der Waals surface area contributed by atoms with Crippen LogP contribution in [0.3, 0.4) is 0 Å².